The lowest BCUT2D eigenvalue weighted by Gasteiger charge is -2.60. The highest BCUT2D eigenvalue weighted by Gasteiger charge is 2.62. The second-order valence-electron chi connectivity index (χ2n) is 15.4. The maximum absolute atomic E-state index is 16.1. The summed E-state index contributed by atoms with van der Waals surface area (Å²) in [5.74, 6) is 0.137. The Kier molecular flexibility index (Phi) is 10.3. The average Bonchev–Trinajstić information content (AvgIpc) is 3.28. The van der Waals surface area contributed by atoms with Gasteiger partial charge in [-0.3, -0.25) is 14.4 Å². The molecule has 10 heteroatoms. The number of carbonyl (C=O) groups is 3. The zero-order chi connectivity index (χ0) is 31.8. The second-order valence-corrected chi connectivity index (χ2v) is 15.4. The Bertz CT molecular complexity index is 1130. The number of hydrogen-bond acceptors (Lipinski definition) is 8. The van der Waals surface area contributed by atoms with E-state index in [9.17, 15) is 14.4 Å². The van der Waals surface area contributed by atoms with E-state index in [0.717, 1.165) is 64.5 Å². The third-order valence-corrected chi connectivity index (χ3v) is 11.9. The van der Waals surface area contributed by atoms with Gasteiger partial charge in [-0.15, -0.1) is 0 Å². The van der Waals surface area contributed by atoms with Crippen LogP contribution in [0.5, 0.6) is 0 Å². The molecule has 6 rings (SSSR count). The zero-order valence-electron chi connectivity index (χ0n) is 27.9. The summed E-state index contributed by atoms with van der Waals surface area (Å²) >= 11 is 0. The van der Waals surface area contributed by atoms with Gasteiger partial charge in [0.15, 0.2) is 5.78 Å². The molecule has 0 radical (unpaired) electrons. The summed E-state index contributed by atoms with van der Waals surface area (Å²) in [4.78, 5) is 47.6. The number of Topliss-reactive ketones (excluding diaryl/α,β-unsaturated/α-hetero) is 2. The van der Waals surface area contributed by atoms with Gasteiger partial charge in [0, 0.05) is 30.5 Å². The number of nitrogens with zero attached hydrogens (tertiary/aromatic N) is 3. The molecule has 45 heavy (non-hydrogen) atoms. The van der Waals surface area contributed by atoms with E-state index in [1.165, 1.54) is 6.42 Å². The van der Waals surface area contributed by atoms with Gasteiger partial charge < -0.3 is 30.1 Å². The molecular weight excluding hydrogens is 573 g/mol. The minimum atomic E-state index is -1.26. The summed E-state index contributed by atoms with van der Waals surface area (Å²) in [5.41, 5.74) is 0.158. The molecule has 0 bridgehead atoms. The van der Waals surface area contributed by atoms with Gasteiger partial charge in [-0.25, -0.2) is 4.39 Å². The summed E-state index contributed by atoms with van der Waals surface area (Å²) in [6, 6.07) is -0.851. The molecular formula is C35H56FN5O4. The quantitative estimate of drug-likeness (QED) is 0.252. The van der Waals surface area contributed by atoms with Crippen LogP contribution in [0.1, 0.15) is 70.6 Å². The van der Waals surface area contributed by atoms with Gasteiger partial charge in [0.05, 0.1) is 35.9 Å². The summed E-state index contributed by atoms with van der Waals surface area (Å²) in [6.07, 6.45) is 9.57. The van der Waals surface area contributed by atoms with Crippen molar-refractivity contribution in [3.8, 4) is 0 Å². The molecule has 9 nitrogen and oxygen atoms in total. The van der Waals surface area contributed by atoms with Crippen LogP contribution in [0.2, 0.25) is 0 Å². The van der Waals surface area contributed by atoms with Crippen LogP contribution in [0.4, 0.5) is 4.39 Å². The molecule has 1 saturated heterocycles. The number of ketones is 2. The first-order chi connectivity index (χ1) is 21.7. The molecule has 2 aliphatic heterocycles. The number of unbranched alkanes of at least 4 members (excludes halogenated alkanes) is 2. The third kappa shape index (κ3) is 6.63. The number of nitrogens with one attached hydrogen (secondary N) is 2. The van der Waals surface area contributed by atoms with Gasteiger partial charge in [0.1, 0.15) is 12.0 Å². The molecule has 2 heterocycles. The number of hydrogen-bond donors (Lipinski definition) is 2. The number of ether oxygens (including phenoxy) is 1. The van der Waals surface area contributed by atoms with E-state index in [1.807, 2.05) is 20.3 Å². The van der Waals surface area contributed by atoms with Crippen molar-refractivity contribution >= 4 is 17.5 Å². The van der Waals surface area contributed by atoms with E-state index in [2.05, 4.69) is 39.4 Å². The Morgan fingerprint density at radius 2 is 1.62 bits per heavy atom. The molecule has 2 N–H and O–H groups in total. The zero-order valence-corrected chi connectivity index (χ0v) is 27.9. The number of amides is 1. The molecule has 4 saturated carbocycles. The molecule has 0 spiro atoms. The Morgan fingerprint density at radius 1 is 0.911 bits per heavy atom. The number of rotatable bonds is 12. The van der Waals surface area contributed by atoms with Crippen molar-refractivity contribution in [2.75, 3.05) is 54.4 Å². The van der Waals surface area contributed by atoms with Crippen molar-refractivity contribution in [3.63, 3.8) is 0 Å². The van der Waals surface area contributed by atoms with E-state index >= 15 is 4.39 Å². The number of morpholine rings is 1. The monoisotopic (exact) mass is 629 g/mol. The van der Waals surface area contributed by atoms with Crippen molar-refractivity contribution < 1.29 is 23.5 Å². The second kappa shape index (κ2) is 14.1. The largest absolute Gasteiger partial charge is 0.369 e. The number of alkyl halides is 1. The molecule has 4 aliphatic carbocycles. The van der Waals surface area contributed by atoms with E-state index in [1.54, 1.807) is 0 Å². The first-order valence-corrected chi connectivity index (χ1v) is 17.8. The highest BCUT2D eigenvalue weighted by Crippen LogP contribution is 2.55. The summed E-state index contributed by atoms with van der Waals surface area (Å²) in [6.45, 7) is 3.10. The van der Waals surface area contributed by atoms with Crippen LogP contribution in [0.15, 0.2) is 11.8 Å². The van der Waals surface area contributed by atoms with Crippen LogP contribution in [0, 0.1) is 29.6 Å². The van der Waals surface area contributed by atoms with E-state index in [-0.39, 0.29) is 53.7 Å². The minimum Gasteiger partial charge on any atom is -0.369 e. The van der Waals surface area contributed by atoms with Gasteiger partial charge in [-0.1, -0.05) is 12.8 Å². The molecule has 0 aromatic carbocycles. The first kappa shape index (κ1) is 33.0. The molecule has 6 aliphatic rings. The lowest BCUT2D eigenvalue weighted by molar-refractivity contribution is -0.206. The molecule has 0 aromatic rings. The van der Waals surface area contributed by atoms with Crippen LogP contribution in [-0.2, 0) is 19.1 Å². The summed E-state index contributed by atoms with van der Waals surface area (Å²) in [7, 11) is 8.17. The summed E-state index contributed by atoms with van der Waals surface area (Å²) in [5, 5.41) is 6.48. The Morgan fingerprint density at radius 3 is 2.36 bits per heavy atom. The van der Waals surface area contributed by atoms with Gasteiger partial charge in [0.2, 0.25) is 0 Å². The molecule has 11 atom stereocenters. The lowest BCUT2D eigenvalue weighted by atomic mass is 9.66. The van der Waals surface area contributed by atoms with Crippen LogP contribution < -0.4 is 10.6 Å². The van der Waals surface area contributed by atoms with E-state index in [4.69, 9.17) is 4.74 Å². The highest BCUT2D eigenvalue weighted by molar-refractivity contribution is 6.20. The van der Waals surface area contributed by atoms with Crippen LogP contribution in [-0.4, -0.2) is 123 Å². The molecule has 1 amide bonds. The molecule has 11 unspecified atom stereocenters. The van der Waals surface area contributed by atoms with E-state index in [0.29, 0.717) is 37.1 Å². The number of fused-ring (bicyclic) bond motifs is 5. The van der Waals surface area contributed by atoms with Crippen LogP contribution in [0.25, 0.3) is 0 Å². The Labute approximate surface area is 269 Å². The molecule has 5 fully saturated rings. The predicted molar refractivity (Wildman–Crippen MR) is 171 cm³/mol. The third-order valence-electron chi connectivity index (χ3n) is 11.9. The van der Waals surface area contributed by atoms with E-state index < -0.39 is 24.2 Å². The lowest BCUT2D eigenvalue weighted by Crippen LogP contribution is -2.73. The fraction of sp³-hybridized carbons (Fsp3) is 0.857. The molecule has 0 aromatic heterocycles. The van der Waals surface area contributed by atoms with Gasteiger partial charge in [-0.05, 0) is 117 Å². The fourth-order valence-corrected chi connectivity index (χ4v) is 9.82. The van der Waals surface area contributed by atoms with Gasteiger partial charge in [0.25, 0.3) is 5.91 Å². The van der Waals surface area contributed by atoms with Crippen molar-refractivity contribution in [2.24, 2.45) is 29.6 Å². The fourth-order valence-electron chi connectivity index (χ4n) is 9.82. The summed E-state index contributed by atoms with van der Waals surface area (Å²) < 4.78 is 23.0. The van der Waals surface area contributed by atoms with Crippen molar-refractivity contribution in [2.45, 2.75) is 107 Å². The number of carbonyl (C=O) groups excluding carboxylic acids is 3. The average molecular weight is 630 g/mol. The van der Waals surface area contributed by atoms with Gasteiger partial charge >= 0.3 is 0 Å². The van der Waals surface area contributed by atoms with Crippen molar-refractivity contribution in [1.82, 2.24) is 25.3 Å². The van der Waals surface area contributed by atoms with Crippen molar-refractivity contribution in [1.29, 1.82) is 0 Å². The standard InChI is InChI=1S/C35H56FN5O4/c1-39(2)15-9-7-13-37-30-27(36)17-25-31-34(30)45-29-19-24-23(21-11-5-6-12-22(21)32(24)42)18-28(29)41(31)20-26(33(25)43)35(44)38-14-8-10-16-40(3)4/h20-25,27-31,34,37H,5-19H2,1-4H3,(H,38,44). The van der Waals surface area contributed by atoms with Crippen LogP contribution in [0.3, 0.4) is 0 Å². The van der Waals surface area contributed by atoms with Gasteiger partial charge in [-0.2, -0.15) is 0 Å². The Balaban J connectivity index is 1.25. The minimum absolute atomic E-state index is 0.00856. The SMILES string of the molecule is CN(C)CCCCNC(=O)C1=CN2C3CC4C(CC3OC3C(NCCCCN(C)C)C(F)CC(C1=O)C32)C(=O)C1CCCCC14. The van der Waals surface area contributed by atoms with Crippen LogP contribution >= 0.6 is 0 Å². The molecule has 252 valence electrons. The van der Waals surface area contributed by atoms with Crippen molar-refractivity contribution in [3.05, 3.63) is 11.8 Å². The maximum Gasteiger partial charge on any atom is 0.256 e. The number of halogens is 1. The highest BCUT2D eigenvalue weighted by atomic mass is 19.1. The first-order valence-electron chi connectivity index (χ1n) is 17.8. The predicted octanol–water partition coefficient (Wildman–Crippen LogP) is 2.79. The maximum atomic E-state index is 16.1. The normalized spacial score (nSPS) is 38.9. The Hall–Kier alpha value is -1.88. The smallest absolute Gasteiger partial charge is 0.256 e. The topological polar surface area (TPSA) is 94.2 Å².